The molecule has 2 N–H and O–H groups in total. The molecule has 0 radical (unpaired) electrons. The quantitative estimate of drug-likeness (QED) is 0.877. The fourth-order valence-electron chi connectivity index (χ4n) is 2.42. The van der Waals surface area contributed by atoms with E-state index < -0.39 is 0 Å². The average molecular weight is 315 g/mol. The first kappa shape index (κ1) is 16.7. The van der Waals surface area contributed by atoms with Gasteiger partial charge in [-0.25, -0.2) is 0 Å². The predicted octanol–water partition coefficient (Wildman–Crippen LogP) is 1.51. The Morgan fingerprint density at radius 1 is 1.26 bits per heavy atom. The number of hydrogen-bond acceptors (Lipinski definition) is 3. The SMILES string of the molecule is CCN(CC(=O)NC(C)C)C(=O)c1cc(=O)[nH]c2ccccc12. The first-order valence-electron chi connectivity index (χ1n) is 7.63. The summed E-state index contributed by atoms with van der Waals surface area (Å²) in [5.74, 6) is -0.543. The van der Waals surface area contributed by atoms with E-state index in [1.165, 1.54) is 11.0 Å². The molecule has 122 valence electrons. The summed E-state index contributed by atoms with van der Waals surface area (Å²) >= 11 is 0. The van der Waals surface area contributed by atoms with Crippen molar-refractivity contribution >= 4 is 22.7 Å². The predicted molar refractivity (Wildman–Crippen MR) is 89.4 cm³/mol. The van der Waals surface area contributed by atoms with Gasteiger partial charge in [0.25, 0.3) is 5.91 Å². The number of H-pyrrole nitrogens is 1. The number of aromatic amines is 1. The number of fused-ring (bicyclic) bond motifs is 1. The maximum Gasteiger partial charge on any atom is 0.255 e. The van der Waals surface area contributed by atoms with Crippen molar-refractivity contribution in [2.24, 2.45) is 0 Å². The minimum atomic E-state index is -0.338. The maximum atomic E-state index is 12.8. The molecule has 2 aromatic rings. The highest BCUT2D eigenvalue weighted by molar-refractivity contribution is 6.06. The molecular weight excluding hydrogens is 294 g/mol. The second-order valence-electron chi connectivity index (χ2n) is 5.63. The molecule has 0 aliphatic rings. The van der Waals surface area contributed by atoms with Gasteiger partial charge in [0.15, 0.2) is 0 Å². The van der Waals surface area contributed by atoms with E-state index in [-0.39, 0.29) is 30.0 Å². The lowest BCUT2D eigenvalue weighted by atomic mass is 10.1. The number of amides is 2. The van der Waals surface area contributed by atoms with Gasteiger partial charge in [-0.1, -0.05) is 18.2 Å². The van der Waals surface area contributed by atoms with Crippen LogP contribution in [0.15, 0.2) is 35.1 Å². The molecule has 1 aromatic heterocycles. The number of benzene rings is 1. The summed E-state index contributed by atoms with van der Waals surface area (Å²) in [7, 11) is 0. The van der Waals surface area contributed by atoms with Crippen LogP contribution < -0.4 is 10.9 Å². The van der Waals surface area contributed by atoms with Crippen molar-refractivity contribution in [1.29, 1.82) is 0 Å². The fourth-order valence-corrected chi connectivity index (χ4v) is 2.42. The molecule has 0 saturated heterocycles. The number of para-hydroxylation sites is 1. The molecule has 2 amide bonds. The van der Waals surface area contributed by atoms with Gasteiger partial charge in [-0.05, 0) is 26.8 Å². The number of carbonyl (C=O) groups is 2. The Bertz CT molecular complexity index is 780. The molecule has 23 heavy (non-hydrogen) atoms. The Kier molecular flexibility index (Phi) is 5.16. The molecule has 1 heterocycles. The molecule has 6 heteroatoms. The number of likely N-dealkylation sites (N-methyl/N-ethyl adjacent to an activating group) is 1. The number of rotatable bonds is 5. The number of aromatic nitrogens is 1. The molecule has 0 aliphatic carbocycles. The topological polar surface area (TPSA) is 82.3 Å². The number of nitrogens with one attached hydrogen (secondary N) is 2. The Morgan fingerprint density at radius 2 is 1.96 bits per heavy atom. The van der Waals surface area contributed by atoms with Crippen molar-refractivity contribution in [3.63, 3.8) is 0 Å². The van der Waals surface area contributed by atoms with Crippen LogP contribution >= 0.6 is 0 Å². The lowest BCUT2D eigenvalue weighted by Crippen LogP contribution is -2.42. The van der Waals surface area contributed by atoms with Crippen molar-refractivity contribution in [3.05, 3.63) is 46.2 Å². The third kappa shape index (κ3) is 3.97. The molecule has 0 bridgehead atoms. The van der Waals surface area contributed by atoms with E-state index in [2.05, 4.69) is 10.3 Å². The Hall–Kier alpha value is -2.63. The number of hydrogen-bond donors (Lipinski definition) is 2. The van der Waals surface area contributed by atoms with Gasteiger partial charge in [-0.15, -0.1) is 0 Å². The van der Waals surface area contributed by atoms with Gasteiger partial charge >= 0.3 is 0 Å². The summed E-state index contributed by atoms with van der Waals surface area (Å²) in [6.07, 6.45) is 0. The van der Waals surface area contributed by atoms with Gasteiger partial charge in [0.2, 0.25) is 11.5 Å². The highest BCUT2D eigenvalue weighted by atomic mass is 16.2. The molecule has 0 aliphatic heterocycles. The van der Waals surface area contributed by atoms with Crippen molar-refractivity contribution < 1.29 is 9.59 Å². The number of nitrogens with zero attached hydrogens (tertiary/aromatic N) is 1. The summed E-state index contributed by atoms with van der Waals surface area (Å²) in [5.41, 5.74) is 0.573. The van der Waals surface area contributed by atoms with Crippen LogP contribution in [0.25, 0.3) is 10.9 Å². The van der Waals surface area contributed by atoms with Crippen molar-refractivity contribution in [2.75, 3.05) is 13.1 Å². The zero-order valence-corrected chi connectivity index (χ0v) is 13.6. The molecule has 0 unspecified atom stereocenters. The smallest absolute Gasteiger partial charge is 0.255 e. The minimum absolute atomic E-state index is 0.0108. The van der Waals surface area contributed by atoms with Crippen LogP contribution in [0, 0.1) is 0 Å². The summed E-state index contributed by atoms with van der Waals surface area (Å²) in [6.45, 7) is 5.87. The van der Waals surface area contributed by atoms with Crippen LogP contribution in [0.2, 0.25) is 0 Å². The second kappa shape index (κ2) is 7.09. The molecular formula is C17H21N3O3. The molecule has 2 rings (SSSR count). The van der Waals surface area contributed by atoms with Gasteiger partial charge in [0, 0.05) is 29.6 Å². The molecule has 0 spiro atoms. The molecule has 0 saturated carbocycles. The van der Waals surface area contributed by atoms with E-state index in [1.54, 1.807) is 31.2 Å². The monoisotopic (exact) mass is 315 g/mol. The van der Waals surface area contributed by atoms with Crippen LogP contribution in [0.3, 0.4) is 0 Å². The molecule has 0 fully saturated rings. The van der Waals surface area contributed by atoms with Crippen LogP contribution in [0.4, 0.5) is 0 Å². The summed E-state index contributed by atoms with van der Waals surface area (Å²) in [6, 6.07) is 8.42. The molecule has 6 nitrogen and oxygen atoms in total. The largest absolute Gasteiger partial charge is 0.352 e. The third-order valence-electron chi connectivity index (χ3n) is 3.43. The third-order valence-corrected chi connectivity index (χ3v) is 3.43. The van der Waals surface area contributed by atoms with E-state index in [9.17, 15) is 14.4 Å². The van der Waals surface area contributed by atoms with E-state index in [4.69, 9.17) is 0 Å². The first-order chi connectivity index (χ1) is 10.9. The minimum Gasteiger partial charge on any atom is -0.352 e. The highest BCUT2D eigenvalue weighted by Gasteiger charge is 2.20. The molecule has 0 atom stereocenters. The van der Waals surface area contributed by atoms with E-state index in [1.807, 2.05) is 13.8 Å². The maximum absolute atomic E-state index is 12.8. The summed E-state index contributed by atoms with van der Waals surface area (Å²) in [4.78, 5) is 40.6. The molecule has 1 aromatic carbocycles. The Balaban J connectivity index is 2.34. The normalized spacial score (nSPS) is 10.8. The van der Waals surface area contributed by atoms with E-state index in [0.29, 0.717) is 23.0 Å². The standard InChI is InChI=1S/C17H21N3O3/c1-4-20(10-16(22)18-11(2)3)17(23)13-9-15(21)19-14-8-6-5-7-12(13)14/h5-9,11H,4,10H2,1-3H3,(H,18,22)(H,19,21). The Labute approximate surface area is 134 Å². The van der Waals surface area contributed by atoms with Crippen molar-refractivity contribution in [2.45, 2.75) is 26.8 Å². The fraction of sp³-hybridized carbons (Fsp3) is 0.353. The van der Waals surface area contributed by atoms with Crippen LogP contribution in [-0.4, -0.2) is 40.8 Å². The van der Waals surface area contributed by atoms with Gasteiger partial charge in [-0.3, -0.25) is 14.4 Å². The number of carbonyl (C=O) groups excluding carboxylic acids is 2. The average Bonchev–Trinajstić information content (AvgIpc) is 2.50. The second-order valence-corrected chi connectivity index (χ2v) is 5.63. The first-order valence-corrected chi connectivity index (χ1v) is 7.63. The highest BCUT2D eigenvalue weighted by Crippen LogP contribution is 2.16. The zero-order chi connectivity index (χ0) is 17.0. The van der Waals surface area contributed by atoms with E-state index >= 15 is 0 Å². The lowest BCUT2D eigenvalue weighted by molar-refractivity contribution is -0.122. The number of pyridine rings is 1. The summed E-state index contributed by atoms with van der Waals surface area (Å²) < 4.78 is 0. The van der Waals surface area contributed by atoms with Crippen molar-refractivity contribution in [1.82, 2.24) is 15.2 Å². The van der Waals surface area contributed by atoms with Gasteiger partial charge in [-0.2, -0.15) is 0 Å². The van der Waals surface area contributed by atoms with Gasteiger partial charge in [0.1, 0.15) is 0 Å². The lowest BCUT2D eigenvalue weighted by Gasteiger charge is -2.21. The van der Waals surface area contributed by atoms with Crippen LogP contribution in [0.5, 0.6) is 0 Å². The van der Waals surface area contributed by atoms with Crippen LogP contribution in [-0.2, 0) is 4.79 Å². The van der Waals surface area contributed by atoms with Gasteiger partial charge in [0.05, 0.1) is 12.1 Å². The van der Waals surface area contributed by atoms with Crippen LogP contribution in [0.1, 0.15) is 31.1 Å². The van der Waals surface area contributed by atoms with Gasteiger partial charge < -0.3 is 15.2 Å². The zero-order valence-electron chi connectivity index (χ0n) is 13.6. The van der Waals surface area contributed by atoms with E-state index in [0.717, 1.165) is 0 Å². The Morgan fingerprint density at radius 3 is 2.61 bits per heavy atom. The van der Waals surface area contributed by atoms with Crippen molar-refractivity contribution in [3.8, 4) is 0 Å². The summed E-state index contributed by atoms with van der Waals surface area (Å²) in [5, 5.41) is 3.43.